The van der Waals surface area contributed by atoms with Crippen molar-refractivity contribution < 1.29 is 0 Å². The number of hydrogen-bond acceptors (Lipinski definition) is 2. The van der Waals surface area contributed by atoms with Crippen LogP contribution in [-0.4, -0.2) is 49.0 Å². The van der Waals surface area contributed by atoms with Crippen molar-refractivity contribution in [1.29, 1.82) is 0 Å². The summed E-state index contributed by atoms with van der Waals surface area (Å²) in [5.41, 5.74) is 7.18. The lowest BCUT2D eigenvalue weighted by atomic mass is 10.2. The number of piperazine rings is 1. The van der Waals surface area contributed by atoms with E-state index in [-0.39, 0.29) is 24.0 Å². The Morgan fingerprint density at radius 3 is 2.33 bits per heavy atom. The number of benzene rings is 1. The van der Waals surface area contributed by atoms with E-state index in [0.29, 0.717) is 5.96 Å². The zero-order valence-corrected chi connectivity index (χ0v) is 13.1. The lowest BCUT2D eigenvalue weighted by molar-refractivity contribution is 0.174. The first-order valence-corrected chi connectivity index (χ1v) is 6.03. The Kier molecular flexibility index (Phi) is 6.42. The van der Waals surface area contributed by atoms with Gasteiger partial charge in [0.1, 0.15) is 0 Å². The van der Waals surface area contributed by atoms with E-state index in [1.165, 1.54) is 5.56 Å². The fraction of sp³-hybridized carbons (Fsp3) is 0.462. The van der Waals surface area contributed by atoms with Crippen LogP contribution in [0.4, 0.5) is 0 Å². The van der Waals surface area contributed by atoms with Crippen LogP contribution >= 0.6 is 24.0 Å². The van der Waals surface area contributed by atoms with Crippen LogP contribution in [0, 0.1) is 0 Å². The fourth-order valence-electron chi connectivity index (χ4n) is 2.12. The topological polar surface area (TPSA) is 44.9 Å². The van der Waals surface area contributed by atoms with Gasteiger partial charge in [-0.2, -0.15) is 0 Å². The lowest BCUT2D eigenvalue weighted by Crippen LogP contribution is -2.50. The smallest absolute Gasteiger partial charge is 0.191 e. The molecule has 0 saturated carbocycles. The summed E-state index contributed by atoms with van der Waals surface area (Å²) >= 11 is 0. The Labute approximate surface area is 126 Å². The minimum atomic E-state index is 0. The molecule has 0 aromatic heterocycles. The Bertz CT molecular complexity index is 372. The van der Waals surface area contributed by atoms with E-state index < -0.39 is 0 Å². The van der Waals surface area contributed by atoms with Gasteiger partial charge in [-0.05, 0) is 5.56 Å². The summed E-state index contributed by atoms with van der Waals surface area (Å²) in [7, 11) is 1.74. The number of rotatable bonds is 2. The second kappa shape index (κ2) is 7.58. The molecule has 5 heteroatoms. The summed E-state index contributed by atoms with van der Waals surface area (Å²) in [6.45, 7) is 5.06. The van der Waals surface area contributed by atoms with Crippen molar-refractivity contribution in [3.63, 3.8) is 0 Å². The molecule has 1 aliphatic rings. The third-order valence-corrected chi connectivity index (χ3v) is 3.17. The summed E-state index contributed by atoms with van der Waals surface area (Å²) in [5.74, 6) is 0.657. The highest BCUT2D eigenvalue weighted by Crippen LogP contribution is 2.07. The molecule has 100 valence electrons. The molecule has 1 aromatic rings. The van der Waals surface area contributed by atoms with Crippen molar-refractivity contribution in [2.24, 2.45) is 10.7 Å². The lowest BCUT2D eigenvalue weighted by Gasteiger charge is -2.35. The maximum Gasteiger partial charge on any atom is 0.191 e. The van der Waals surface area contributed by atoms with Gasteiger partial charge in [-0.3, -0.25) is 9.89 Å². The molecule has 0 atom stereocenters. The molecule has 18 heavy (non-hydrogen) atoms. The van der Waals surface area contributed by atoms with Gasteiger partial charge in [0.2, 0.25) is 0 Å². The molecule has 2 rings (SSSR count). The van der Waals surface area contributed by atoms with Gasteiger partial charge in [0.05, 0.1) is 0 Å². The normalized spacial score (nSPS) is 17.4. The van der Waals surface area contributed by atoms with Gasteiger partial charge in [0, 0.05) is 39.8 Å². The van der Waals surface area contributed by atoms with Gasteiger partial charge in [0.15, 0.2) is 5.96 Å². The van der Waals surface area contributed by atoms with Crippen molar-refractivity contribution in [2.75, 3.05) is 33.2 Å². The highest BCUT2D eigenvalue weighted by molar-refractivity contribution is 14.0. The summed E-state index contributed by atoms with van der Waals surface area (Å²) in [6, 6.07) is 10.6. The molecule has 1 saturated heterocycles. The molecule has 0 amide bonds. The van der Waals surface area contributed by atoms with Crippen molar-refractivity contribution >= 4 is 29.9 Å². The third kappa shape index (κ3) is 4.13. The highest BCUT2D eigenvalue weighted by Gasteiger charge is 2.17. The van der Waals surface area contributed by atoms with Gasteiger partial charge >= 0.3 is 0 Å². The number of nitrogens with two attached hydrogens (primary N) is 1. The van der Waals surface area contributed by atoms with Gasteiger partial charge in [-0.1, -0.05) is 30.3 Å². The fourth-order valence-corrected chi connectivity index (χ4v) is 2.12. The molecule has 2 N–H and O–H groups in total. The second-order valence-corrected chi connectivity index (χ2v) is 4.33. The van der Waals surface area contributed by atoms with Gasteiger partial charge in [-0.25, -0.2) is 0 Å². The quantitative estimate of drug-likeness (QED) is 0.492. The predicted molar refractivity (Wildman–Crippen MR) is 86.3 cm³/mol. The molecule has 1 fully saturated rings. The standard InChI is InChI=1S/C13H20N4.HI/c1-15-13(14)17-9-7-16(8-10-17)11-12-5-3-2-4-6-12;/h2-6H,7-11H2,1H3,(H2,14,15);1H. The van der Waals surface area contributed by atoms with E-state index in [1.54, 1.807) is 7.05 Å². The summed E-state index contributed by atoms with van der Waals surface area (Å²) in [4.78, 5) is 8.62. The minimum absolute atomic E-state index is 0. The van der Waals surface area contributed by atoms with Crippen LogP contribution in [0.5, 0.6) is 0 Å². The zero-order chi connectivity index (χ0) is 12.1. The number of halogens is 1. The maximum atomic E-state index is 5.80. The first kappa shape index (κ1) is 15.2. The molecule has 0 aliphatic carbocycles. The summed E-state index contributed by atoms with van der Waals surface area (Å²) in [5, 5.41) is 0. The molecule has 0 unspecified atom stereocenters. The molecular formula is C13H21IN4. The van der Waals surface area contributed by atoms with Gasteiger partial charge < -0.3 is 10.6 Å². The minimum Gasteiger partial charge on any atom is -0.370 e. The zero-order valence-electron chi connectivity index (χ0n) is 10.7. The average Bonchev–Trinajstić information content (AvgIpc) is 2.40. The first-order valence-electron chi connectivity index (χ1n) is 6.03. The van der Waals surface area contributed by atoms with E-state index in [2.05, 4.69) is 45.1 Å². The molecular weight excluding hydrogens is 339 g/mol. The Hall–Kier alpha value is -0.820. The number of nitrogens with zero attached hydrogens (tertiary/aromatic N) is 3. The van der Waals surface area contributed by atoms with Crippen LogP contribution < -0.4 is 5.73 Å². The largest absolute Gasteiger partial charge is 0.370 e. The van der Waals surface area contributed by atoms with Crippen molar-refractivity contribution in [3.05, 3.63) is 35.9 Å². The monoisotopic (exact) mass is 360 g/mol. The summed E-state index contributed by atoms with van der Waals surface area (Å²) < 4.78 is 0. The van der Waals surface area contributed by atoms with Crippen LogP contribution in [0.1, 0.15) is 5.56 Å². The highest BCUT2D eigenvalue weighted by atomic mass is 127. The molecule has 1 heterocycles. The molecule has 0 spiro atoms. The van der Waals surface area contributed by atoms with E-state index in [0.717, 1.165) is 32.7 Å². The first-order chi connectivity index (χ1) is 8.29. The predicted octanol–water partition coefficient (Wildman–Crippen LogP) is 1.37. The van der Waals surface area contributed by atoms with Gasteiger partial charge in [-0.15, -0.1) is 24.0 Å². The maximum absolute atomic E-state index is 5.80. The van der Waals surface area contributed by atoms with Crippen molar-refractivity contribution in [1.82, 2.24) is 9.80 Å². The van der Waals surface area contributed by atoms with E-state index in [1.807, 2.05) is 0 Å². The molecule has 1 aromatic carbocycles. The van der Waals surface area contributed by atoms with Crippen LogP contribution in [-0.2, 0) is 6.54 Å². The van der Waals surface area contributed by atoms with Crippen molar-refractivity contribution in [3.8, 4) is 0 Å². The third-order valence-electron chi connectivity index (χ3n) is 3.17. The van der Waals surface area contributed by atoms with E-state index in [9.17, 15) is 0 Å². The van der Waals surface area contributed by atoms with Crippen LogP contribution in [0.15, 0.2) is 35.3 Å². The van der Waals surface area contributed by atoms with Crippen LogP contribution in [0.2, 0.25) is 0 Å². The van der Waals surface area contributed by atoms with Crippen LogP contribution in [0.25, 0.3) is 0 Å². The number of aliphatic imine (C=N–C) groups is 1. The molecule has 1 aliphatic heterocycles. The molecule has 0 bridgehead atoms. The Morgan fingerprint density at radius 1 is 1.17 bits per heavy atom. The van der Waals surface area contributed by atoms with Crippen LogP contribution in [0.3, 0.4) is 0 Å². The SMILES string of the molecule is CN=C(N)N1CCN(Cc2ccccc2)CC1.I. The van der Waals surface area contributed by atoms with Gasteiger partial charge in [0.25, 0.3) is 0 Å². The summed E-state index contributed by atoms with van der Waals surface area (Å²) in [6.07, 6.45) is 0. The second-order valence-electron chi connectivity index (χ2n) is 4.33. The number of guanidine groups is 1. The van der Waals surface area contributed by atoms with E-state index in [4.69, 9.17) is 5.73 Å². The number of hydrogen-bond donors (Lipinski definition) is 1. The Morgan fingerprint density at radius 2 is 1.78 bits per heavy atom. The average molecular weight is 360 g/mol. The Balaban J connectivity index is 0.00000162. The van der Waals surface area contributed by atoms with E-state index >= 15 is 0 Å². The molecule has 4 nitrogen and oxygen atoms in total. The van der Waals surface area contributed by atoms with Crippen molar-refractivity contribution in [2.45, 2.75) is 6.54 Å². The molecule has 0 radical (unpaired) electrons.